The van der Waals surface area contributed by atoms with E-state index < -0.39 is 16.0 Å². The standard InChI is InChI=1S/C15H20N2O5S/c1-3-16(8-7-14(18)19)15(20)12-4-5-13-11(10-12)6-9-17(13)23(2,21)22/h4-5,10H,3,6-9H2,1-2H3,(H,18,19). The summed E-state index contributed by atoms with van der Waals surface area (Å²) in [5, 5.41) is 8.74. The van der Waals surface area contributed by atoms with Crippen LogP contribution in [0.5, 0.6) is 0 Å². The van der Waals surface area contributed by atoms with Gasteiger partial charge in [0, 0.05) is 25.2 Å². The number of carbonyl (C=O) groups is 2. The third-order valence-corrected chi connectivity index (χ3v) is 5.02. The van der Waals surface area contributed by atoms with Crippen LogP contribution in [-0.2, 0) is 21.2 Å². The molecule has 8 heteroatoms. The lowest BCUT2D eigenvalue weighted by molar-refractivity contribution is -0.137. The summed E-state index contributed by atoms with van der Waals surface area (Å²) < 4.78 is 24.8. The summed E-state index contributed by atoms with van der Waals surface area (Å²) in [6.07, 6.45) is 1.61. The van der Waals surface area contributed by atoms with Gasteiger partial charge in [0.05, 0.1) is 18.4 Å². The van der Waals surface area contributed by atoms with Crippen molar-refractivity contribution in [1.29, 1.82) is 0 Å². The van der Waals surface area contributed by atoms with Crippen molar-refractivity contribution < 1.29 is 23.1 Å². The van der Waals surface area contributed by atoms with Crippen molar-refractivity contribution in [3.8, 4) is 0 Å². The Balaban J connectivity index is 2.22. The number of sulfonamides is 1. The molecule has 0 atom stereocenters. The second kappa shape index (κ2) is 6.57. The van der Waals surface area contributed by atoms with E-state index in [2.05, 4.69) is 0 Å². The van der Waals surface area contributed by atoms with Crippen LogP contribution < -0.4 is 4.31 Å². The van der Waals surface area contributed by atoms with Gasteiger partial charge in [0.25, 0.3) is 5.91 Å². The Morgan fingerprint density at radius 3 is 2.61 bits per heavy atom. The molecule has 0 bridgehead atoms. The minimum atomic E-state index is -3.32. The van der Waals surface area contributed by atoms with Crippen LogP contribution >= 0.6 is 0 Å². The normalized spacial score (nSPS) is 13.7. The Morgan fingerprint density at radius 1 is 1.35 bits per heavy atom. The summed E-state index contributed by atoms with van der Waals surface area (Å²) in [5.41, 5.74) is 1.87. The lowest BCUT2D eigenvalue weighted by atomic mass is 10.1. The summed E-state index contributed by atoms with van der Waals surface area (Å²) in [5.74, 6) is -1.19. The highest BCUT2D eigenvalue weighted by Gasteiger charge is 2.27. The fraction of sp³-hybridized carbons (Fsp3) is 0.467. The highest BCUT2D eigenvalue weighted by Crippen LogP contribution is 2.31. The molecule has 7 nitrogen and oxygen atoms in total. The Hall–Kier alpha value is -2.09. The van der Waals surface area contributed by atoms with E-state index in [1.807, 2.05) is 0 Å². The molecule has 1 aliphatic rings. The number of nitrogens with zero attached hydrogens (tertiary/aromatic N) is 2. The van der Waals surface area contributed by atoms with Gasteiger partial charge in [0.1, 0.15) is 0 Å². The Bertz CT molecular complexity index is 729. The number of carboxylic acids is 1. The van der Waals surface area contributed by atoms with Crippen LogP contribution in [0.3, 0.4) is 0 Å². The topological polar surface area (TPSA) is 95.0 Å². The summed E-state index contributed by atoms with van der Waals surface area (Å²) in [7, 11) is -3.32. The predicted molar refractivity (Wildman–Crippen MR) is 86.2 cm³/mol. The molecule has 0 aromatic heterocycles. The second-order valence-electron chi connectivity index (χ2n) is 5.46. The third-order valence-electron chi connectivity index (χ3n) is 3.84. The number of carbonyl (C=O) groups excluding carboxylic acids is 1. The number of benzene rings is 1. The minimum Gasteiger partial charge on any atom is -0.481 e. The van der Waals surface area contributed by atoms with Gasteiger partial charge in [-0.25, -0.2) is 8.42 Å². The predicted octanol–water partition coefficient (Wildman–Crippen LogP) is 0.946. The fourth-order valence-electron chi connectivity index (χ4n) is 2.67. The van der Waals surface area contributed by atoms with Crippen LogP contribution in [0, 0.1) is 0 Å². The summed E-state index contributed by atoms with van der Waals surface area (Å²) in [6, 6.07) is 4.93. The number of hydrogen-bond acceptors (Lipinski definition) is 4. The van der Waals surface area contributed by atoms with E-state index in [0.29, 0.717) is 30.8 Å². The molecule has 0 unspecified atom stereocenters. The van der Waals surface area contributed by atoms with Crippen molar-refractivity contribution in [3.63, 3.8) is 0 Å². The molecule has 0 radical (unpaired) electrons. The highest BCUT2D eigenvalue weighted by molar-refractivity contribution is 7.92. The second-order valence-corrected chi connectivity index (χ2v) is 7.36. The number of amides is 1. The van der Waals surface area contributed by atoms with E-state index in [-0.39, 0.29) is 18.9 Å². The van der Waals surface area contributed by atoms with Gasteiger partial charge < -0.3 is 10.0 Å². The van der Waals surface area contributed by atoms with Gasteiger partial charge >= 0.3 is 5.97 Å². The molecule has 0 aliphatic carbocycles. The maximum atomic E-state index is 12.5. The lowest BCUT2D eigenvalue weighted by Crippen LogP contribution is -2.33. The maximum Gasteiger partial charge on any atom is 0.305 e. The molecule has 2 rings (SSSR count). The largest absolute Gasteiger partial charge is 0.481 e. The average Bonchev–Trinajstić information content (AvgIpc) is 2.90. The van der Waals surface area contributed by atoms with Crippen molar-refractivity contribution in [1.82, 2.24) is 4.90 Å². The number of carboxylic acid groups (broad SMARTS) is 1. The van der Waals surface area contributed by atoms with E-state index in [1.54, 1.807) is 25.1 Å². The number of rotatable bonds is 6. The zero-order valence-electron chi connectivity index (χ0n) is 13.2. The first-order valence-corrected chi connectivity index (χ1v) is 9.20. The molecule has 1 aromatic rings. The lowest BCUT2D eigenvalue weighted by Gasteiger charge is -2.21. The first-order valence-electron chi connectivity index (χ1n) is 7.35. The summed E-state index contributed by atoms with van der Waals surface area (Å²) >= 11 is 0. The van der Waals surface area contributed by atoms with Gasteiger partial charge in [0.15, 0.2) is 0 Å². The van der Waals surface area contributed by atoms with E-state index in [0.717, 1.165) is 11.8 Å². The average molecular weight is 340 g/mol. The van der Waals surface area contributed by atoms with Gasteiger partial charge in [0.2, 0.25) is 10.0 Å². The first-order chi connectivity index (χ1) is 10.7. The molecular formula is C15H20N2O5S. The van der Waals surface area contributed by atoms with Gasteiger partial charge in [-0.3, -0.25) is 13.9 Å². The molecule has 0 spiro atoms. The molecule has 126 valence electrons. The van der Waals surface area contributed by atoms with E-state index in [1.165, 1.54) is 9.21 Å². The van der Waals surface area contributed by atoms with Crippen LogP contribution in [0.1, 0.15) is 29.3 Å². The molecular weight excluding hydrogens is 320 g/mol. The van der Waals surface area contributed by atoms with Gasteiger partial charge in [-0.05, 0) is 37.1 Å². The zero-order chi connectivity index (χ0) is 17.2. The SMILES string of the molecule is CCN(CCC(=O)O)C(=O)c1ccc2c(c1)CCN2S(C)(=O)=O. The monoisotopic (exact) mass is 340 g/mol. The number of hydrogen-bond donors (Lipinski definition) is 1. The highest BCUT2D eigenvalue weighted by atomic mass is 32.2. The quantitative estimate of drug-likeness (QED) is 0.832. The first kappa shape index (κ1) is 17.3. The Kier molecular flexibility index (Phi) is 4.93. The molecule has 0 saturated carbocycles. The van der Waals surface area contributed by atoms with Gasteiger partial charge in [-0.15, -0.1) is 0 Å². The minimum absolute atomic E-state index is 0.105. The van der Waals surface area contributed by atoms with E-state index in [9.17, 15) is 18.0 Å². The van der Waals surface area contributed by atoms with Crippen molar-refractivity contribution in [2.45, 2.75) is 19.8 Å². The van der Waals surface area contributed by atoms with Crippen molar-refractivity contribution in [2.75, 3.05) is 30.2 Å². The van der Waals surface area contributed by atoms with E-state index >= 15 is 0 Å². The number of anilines is 1. The maximum absolute atomic E-state index is 12.5. The molecule has 1 aromatic carbocycles. The smallest absolute Gasteiger partial charge is 0.305 e. The van der Waals surface area contributed by atoms with Crippen LogP contribution in [0.4, 0.5) is 5.69 Å². The zero-order valence-corrected chi connectivity index (χ0v) is 14.0. The Labute approximate surface area is 135 Å². The van der Waals surface area contributed by atoms with Gasteiger partial charge in [-0.1, -0.05) is 0 Å². The van der Waals surface area contributed by atoms with Crippen LogP contribution in [0.2, 0.25) is 0 Å². The van der Waals surface area contributed by atoms with Gasteiger partial charge in [-0.2, -0.15) is 0 Å². The molecule has 1 heterocycles. The molecule has 0 fully saturated rings. The summed E-state index contributed by atoms with van der Waals surface area (Å²) in [4.78, 5) is 24.6. The van der Waals surface area contributed by atoms with Crippen LogP contribution in [0.15, 0.2) is 18.2 Å². The van der Waals surface area contributed by atoms with Crippen LogP contribution in [-0.4, -0.2) is 56.2 Å². The number of fused-ring (bicyclic) bond motifs is 1. The summed E-state index contributed by atoms with van der Waals surface area (Å²) in [6.45, 7) is 2.73. The van der Waals surface area contributed by atoms with Crippen molar-refractivity contribution in [3.05, 3.63) is 29.3 Å². The molecule has 23 heavy (non-hydrogen) atoms. The Morgan fingerprint density at radius 2 is 2.04 bits per heavy atom. The number of aliphatic carboxylic acids is 1. The van der Waals surface area contributed by atoms with Crippen LogP contribution in [0.25, 0.3) is 0 Å². The van der Waals surface area contributed by atoms with Crippen molar-refractivity contribution >= 4 is 27.6 Å². The molecule has 1 N–H and O–H groups in total. The fourth-order valence-corrected chi connectivity index (χ4v) is 3.62. The molecule has 1 aliphatic heterocycles. The van der Waals surface area contributed by atoms with E-state index in [4.69, 9.17) is 5.11 Å². The third kappa shape index (κ3) is 3.82. The van der Waals surface area contributed by atoms with Crippen molar-refractivity contribution in [2.24, 2.45) is 0 Å². The molecule has 0 saturated heterocycles. The molecule has 1 amide bonds.